The van der Waals surface area contributed by atoms with Crippen LogP contribution in [0.2, 0.25) is 5.02 Å². The molecule has 0 aromatic heterocycles. The largest absolute Gasteiger partial charge is 0.507 e. The van der Waals surface area contributed by atoms with Gasteiger partial charge < -0.3 is 10.4 Å². The van der Waals surface area contributed by atoms with Crippen molar-refractivity contribution >= 4 is 17.5 Å². The predicted molar refractivity (Wildman–Crippen MR) is 94.4 cm³/mol. The SMILES string of the molecule is CC(C)N1C2CCC23CC[C@@H](NC(=O)c2cc(Cl)ccc2O)CC13. The molecule has 4 rings (SSSR count). The van der Waals surface area contributed by atoms with E-state index in [1.54, 1.807) is 6.07 Å². The highest BCUT2D eigenvalue weighted by Gasteiger charge is 2.67. The summed E-state index contributed by atoms with van der Waals surface area (Å²) in [5, 5.41) is 13.5. The molecule has 2 saturated carbocycles. The Bertz CT molecular complexity index is 677. The zero-order chi connectivity index (χ0) is 17.1. The summed E-state index contributed by atoms with van der Waals surface area (Å²) in [7, 11) is 0. The van der Waals surface area contributed by atoms with Gasteiger partial charge in [0.05, 0.1) is 5.56 Å². The van der Waals surface area contributed by atoms with E-state index in [9.17, 15) is 9.90 Å². The number of nitrogens with one attached hydrogen (secondary N) is 1. The molecule has 1 aromatic rings. The fourth-order valence-electron chi connectivity index (χ4n) is 5.36. The number of hydrogen-bond acceptors (Lipinski definition) is 3. The Balaban J connectivity index is 1.45. The van der Waals surface area contributed by atoms with Crippen LogP contribution < -0.4 is 5.32 Å². The van der Waals surface area contributed by atoms with Gasteiger partial charge in [-0.2, -0.15) is 0 Å². The average Bonchev–Trinajstić information content (AvgIpc) is 2.53. The van der Waals surface area contributed by atoms with Gasteiger partial charge in [0, 0.05) is 34.6 Å². The van der Waals surface area contributed by atoms with Crippen LogP contribution >= 0.6 is 11.6 Å². The molecule has 3 unspecified atom stereocenters. The molecule has 1 aliphatic heterocycles. The maximum absolute atomic E-state index is 12.5. The topological polar surface area (TPSA) is 52.6 Å². The molecule has 0 radical (unpaired) electrons. The normalized spacial score (nSPS) is 34.8. The van der Waals surface area contributed by atoms with Crippen molar-refractivity contribution in [2.45, 2.75) is 70.1 Å². The second-order valence-electron chi connectivity index (χ2n) is 7.95. The molecule has 24 heavy (non-hydrogen) atoms. The van der Waals surface area contributed by atoms with Crippen molar-refractivity contribution in [3.8, 4) is 5.75 Å². The van der Waals surface area contributed by atoms with Crippen LogP contribution in [0, 0.1) is 5.41 Å². The van der Waals surface area contributed by atoms with Crippen LogP contribution in [0.4, 0.5) is 0 Å². The molecule has 2 N–H and O–H groups in total. The van der Waals surface area contributed by atoms with Gasteiger partial charge in [-0.1, -0.05) is 11.6 Å². The first-order valence-corrected chi connectivity index (χ1v) is 9.37. The highest BCUT2D eigenvalue weighted by Crippen LogP contribution is 2.64. The summed E-state index contributed by atoms with van der Waals surface area (Å²) in [6.45, 7) is 4.54. The lowest BCUT2D eigenvalue weighted by Gasteiger charge is -2.74. The van der Waals surface area contributed by atoms with Gasteiger partial charge in [0.2, 0.25) is 0 Å². The van der Waals surface area contributed by atoms with E-state index < -0.39 is 0 Å². The number of phenols is 1. The third-order valence-electron chi connectivity index (χ3n) is 6.53. The number of carbonyl (C=O) groups is 1. The van der Waals surface area contributed by atoms with E-state index in [1.165, 1.54) is 31.4 Å². The first-order chi connectivity index (χ1) is 11.4. The summed E-state index contributed by atoms with van der Waals surface area (Å²) in [6, 6.07) is 6.71. The predicted octanol–water partition coefficient (Wildman–Crippen LogP) is 3.57. The Morgan fingerprint density at radius 3 is 2.75 bits per heavy atom. The Kier molecular flexibility index (Phi) is 3.81. The summed E-state index contributed by atoms with van der Waals surface area (Å²) >= 11 is 5.95. The van der Waals surface area contributed by atoms with E-state index in [2.05, 4.69) is 24.1 Å². The number of aromatic hydroxyl groups is 1. The molecule has 3 aliphatic rings. The van der Waals surface area contributed by atoms with Crippen molar-refractivity contribution in [1.29, 1.82) is 0 Å². The van der Waals surface area contributed by atoms with Gasteiger partial charge in [-0.15, -0.1) is 0 Å². The molecule has 1 aromatic carbocycles. The van der Waals surface area contributed by atoms with Crippen LogP contribution in [-0.4, -0.2) is 40.1 Å². The molecule has 2 aliphatic carbocycles. The minimum Gasteiger partial charge on any atom is -0.507 e. The van der Waals surface area contributed by atoms with Gasteiger partial charge in [0.25, 0.3) is 5.91 Å². The summed E-state index contributed by atoms with van der Waals surface area (Å²) < 4.78 is 0. The Morgan fingerprint density at radius 1 is 1.33 bits per heavy atom. The van der Waals surface area contributed by atoms with Gasteiger partial charge in [-0.05, 0) is 64.2 Å². The third-order valence-corrected chi connectivity index (χ3v) is 6.77. The molecular weight excluding hydrogens is 324 g/mol. The molecule has 1 amide bonds. The van der Waals surface area contributed by atoms with Crippen LogP contribution in [0.25, 0.3) is 0 Å². The molecule has 1 heterocycles. The van der Waals surface area contributed by atoms with E-state index >= 15 is 0 Å². The quantitative estimate of drug-likeness (QED) is 0.878. The number of likely N-dealkylation sites (tertiary alicyclic amines) is 1. The monoisotopic (exact) mass is 348 g/mol. The third kappa shape index (κ3) is 2.26. The molecular formula is C19H25ClN2O2. The molecule has 4 atom stereocenters. The summed E-state index contributed by atoms with van der Waals surface area (Å²) in [5.41, 5.74) is 0.794. The first-order valence-electron chi connectivity index (χ1n) is 8.99. The van der Waals surface area contributed by atoms with E-state index in [1.807, 2.05) is 0 Å². The van der Waals surface area contributed by atoms with E-state index in [4.69, 9.17) is 11.6 Å². The van der Waals surface area contributed by atoms with Crippen LogP contribution in [0.1, 0.15) is 56.3 Å². The van der Waals surface area contributed by atoms with Gasteiger partial charge in [-0.25, -0.2) is 0 Å². The summed E-state index contributed by atoms with van der Waals surface area (Å²) in [4.78, 5) is 15.2. The highest BCUT2D eigenvalue weighted by molar-refractivity contribution is 6.31. The minimum absolute atomic E-state index is 0.0179. The molecule has 0 bridgehead atoms. The van der Waals surface area contributed by atoms with Crippen LogP contribution in [0.5, 0.6) is 5.75 Å². The lowest BCUT2D eigenvalue weighted by molar-refractivity contribution is -0.238. The van der Waals surface area contributed by atoms with Crippen LogP contribution in [0.3, 0.4) is 0 Å². The fourth-order valence-corrected chi connectivity index (χ4v) is 5.53. The number of benzene rings is 1. The lowest BCUT2D eigenvalue weighted by atomic mass is 9.47. The number of rotatable bonds is 3. The van der Waals surface area contributed by atoms with Crippen LogP contribution in [0.15, 0.2) is 18.2 Å². The van der Waals surface area contributed by atoms with Gasteiger partial charge in [0.1, 0.15) is 5.75 Å². The smallest absolute Gasteiger partial charge is 0.255 e. The van der Waals surface area contributed by atoms with Crippen molar-refractivity contribution in [3.63, 3.8) is 0 Å². The highest BCUT2D eigenvalue weighted by atomic mass is 35.5. The van der Waals surface area contributed by atoms with Crippen molar-refractivity contribution < 1.29 is 9.90 Å². The number of hydrogen-bond donors (Lipinski definition) is 2. The van der Waals surface area contributed by atoms with E-state index in [-0.39, 0.29) is 23.3 Å². The number of nitrogens with zero attached hydrogens (tertiary/aromatic N) is 1. The van der Waals surface area contributed by atoms with Gasteiger partial charge in [-0.3, -0.25) is 9.69 Å². The number of phenolic OH excluding ortho intramolecular Hbond substituents is 1. The fraction of sp³-hybridized carbons (Fsp3) is 0.632. The zero-order valence-electron chi connectivity index (χ0n) is 14.3. The molecule has 5 heteroatoms. The zero-order valence-corrected chi connectivity index (χ0v) is 15.0. The molecule has 130 valence electrons. The molecule has 3 fully saturated rings. The molecule has 1 spiro atoms. The van der Waals surface area contributed by atoms with E-state index in [0.29, 0.717) is 22.5 Å². The Hall–Kier alpha value is -1.26. The van der Waals surface area contributed by atoms with Crippen LogP contribution in [-0.2, 0) is 0 Å². The van der Waals surface area contributed by atoms with Gasteiger partial charge >= 0.3 is 0 Å². The Labute approximate surface area is 148 Å². The molecule has 4 nitrogen and oxygen atoms in total. The first kappa shape index (κ1) is 16.2. The average molecular weight is 349 g/mol. The van der Waals surface area contributed by atoms with Crippen molar-refractivity contribution in [2.75, 3.05) is 0 Å². The number of carbonyl (C=O) groups excluding carboxylic acids is 1. The van der Waals surface area contributed by atoms with E-state index in [0.717, 1.165) is 18.9 Å². The lowest BCUT2D eigenvalue weighted by Crippen LogP contribution is -2.80. The number of amides is 1. The number of halogens is 1. The summed E-state index contributed by atoms with van der Waals surface area (Å²) in [6.07, 6.45) is 5.94. The van der Waals surface area contributed by atoms with Crippen molar-refractivity contribution in [2.24, 2.45) is 5.41 Å². The number of piperidine rings is 1. The second-order valence-corrected chi connectivity index (χ2v) is 8.39. The maximum atomic E-state index is 12.5. The second kappa shape index (κ2) is 5.63. The van der Waals surface area contributed by atoms with Crippen molar-refractivity contribution in [1.82, 2.24) is 10.2 Å². The molecule has 1 saturated heterocycles. The minimum atomic E-state index is -0.225. The van der Waals surface area contributed by atoms with Gasteiger partial charge in [0.15, 0.2) is 0 Å². The standard InChI is InChI=1S/C19H25ClN2O2/c1-11(2)22-16-6-8-19(16)7-5-13(10-17(19)22)21-18(24)14-9-12(20)3-4-15(14)23/h3-4,9,11,13,16-17,23H,5-8,10H2,1-2H3,(H,21,24)/t13-,16?,17?,19?/m1/s1. The Morgan fingerprint density at radius 2 is 2.08 bits per heavy atom. The summed E-state index contributed by atoms with van der Waals surface area (Å²) in [5.74, 6) is -0.243. The maximum Gasteiger partial charge on any atom is 0.255 e. The van der Waals surface area contributed by atoms with Crippen molar-refractivity contribution in [3.05, 3.63) is 28.8 Å².